The summed E-state index contributed by atoms with van der Waals surface area (Å²) >= 11 is 6.47. The highest BCUT2D eigenvalue weighted by molar-refractivity contribution is 8.67. The Morgan fingerprint density at radius 1 is 1.11 bits per heavy atom. The first-order chi connectivity index (χ1) is 21.4. The summed E-state index contributed by atoms with van der Waals surface area (Å²) in [5.74, 6) is -1.04. The fraction of sp³-hybridized carbons (Fsp3) is 0.233. The van der Waals surface area contributed by atoms with Gasteiger partial charge >= 0.3 is 0 Å². The summed E-state index contributed by atoms with van der Waals surface area (Å²) < 4.78 is 73.4. The molecule has 1 atom stereocenters. The van der Waals surface area contributed by atoms with E-state index in [4.69, 9.17) is 21.1 Å². The van der Waals surface area contributed by atoms with E-state index >= 15 is 0 Å². The third kappa shape index (κ3) is 6.80. The molecule has 1 aromatic heterocycles. The molecule has 11 nitrogen and oxygen atoms in total. The second-order valence-corrected chi connectivity index (χ2v) is 16.6. The number of halogens is 2. The lowest BCUT2D eigenvalue weighted by molar-refractivity contribution is -0.116. The number of nitrogens with one attached hydrogen (secondary N) is 2. The predicted molar refractivity (Wildman–Crippen MR) is 167 cm³/mol. The van der Waals surface area contributed by atoms with E-state index in [9.17, 15) is 31.3 Å². The number of nitrogens with zero attached hydrogens (tertiary/aromatic N) is 2. The Balaban J connectivity index is 1.43. The minimum Gasteiger partial charge on any atom is -0.492 e. The summed E-state index contributed by atoms with van der Waals surface area (Å²) in [6.45, 7) is 2.06. The third-order valence-corrected chi connectivity index (χ3v) is 13.4. The van der Waals surface area contributed by atoms with Crippen molar-refractivity contribution < 1.29 is 35.5 Å². The third-order valence-electron chi connectivity index (χ3n) is 7.01. The number of hydrogen-bond donors (Lipinski definition) is 2. The molecule has 45 heavy (non-hydrogen) atoms. The molecule has 2 heterocycles. The molecular weight excluding hydrogens is 647 g/mol. The van der Waals surface area contributed by atoms with Crippen LogP contribution in [0.15, 0.2) is 60.8 Å². The van der Waals surface area contributed by atoms with E-state index in [1.165, 1.54) is 24.4 Å². The van der Waals surface area contributed by atoms with Crippen LogP contribution in [0.1, 0.15) is 30.9 Å². The van der Waals surface area contributed by atoms with E-state index in [0.717, 1.165) is 0 Å². The quantitative estimate of drug-likeness (QED) is 0.207. The summed E-state index contributed by atoms with van der Waals surface area (Å²) in [5, 5.41) is 15.0. The van der Waals surface area contributed by atoms with Crippen LogP contribution < -0.4 is 20.1 Å². The van der Waals surface area contributed by atoms with Gasteiger partial charge in [0.25, 0.3) is 17.7 Å². The maximum Gasteiger partial charge on any atom is 0.256 e. The fourth-order valence-corrected chi connectivity index (χ4v) is 9.88. The lowest BCUT2D eigenvalue weighted by Gasteiger charge is -2.17. The van der Waals surface area contributed by atoms with Gasteiger partial charge in [-0.1, -0.05) is 23.7 Å². The normalized spacial score (nSPS) is 16.5. The highest BCUT2D eigenvalue weighted by Gasteiger charge is 2.45. The van der Waals surface area contributed by atoms with Crippen molar-refractivity contribution in [2.75, 3.05) is 23.0 Å². The Hall–Kier alpha value is -4.45. The molecule has 1 aliphatic heterocycles. The number of carbonyl (C=O) groups excluding carboxylic acids is 1. The molecule has 1 unspecified atom stereocenters. The molecule has 234 valence electrons. The molecule has 0 saturated carbocycles. The average Bonchev–Trinajstić information content (AvgIpc) is 3.19. The van der Waals surface area contributed by atoms with Gasteiger partial charge in [-0.25, -0.2) is 21.2 Å². The van der Waals surface area contributed by atoms with Crippen molar-refractivity contribution in [3.8, 4) is 17.6 Å². The number of amides is 1. The SMILES string of the molecule is CCOc1cc2ncc(C#N)c(Nc3ccc(OCc4cccc(F)c4)c(Cl)c3)c2cc1NC(=O)CC1CCS(=O)(=O)S1(=O)=O. The van der Waals surface area contributed by atoms with Gasteiger partial charge in [-0.2, -0.15) is 5.26 Å². The van der Waals surface area contributed by atoms with Gasteiger partial charge < -0.3 is 20.1 Å². The van der Waals surface area contributed by atoms with Crippen LogP contribution >= 0.6 is 11.6 Å². The molecule has 15 heteroatoms. The summed E-state index contributed by atoms with van der Waals surface area (Å²) in [6, 6.07) is 16.1. The second-order valence-electron chi connectivity index (χ2n) is 10.1. The lowest BCUT2D eigenvalue weighted by atomic mass is 10.1. The molecule has 1 aliphatic rings. The van der Waals surface area contributed by atoms with Crippen LogP contribution in [0.4, 0.5) is 21.5 Å². The summed E-state index contributed by atoms with van der Waals surface area (Å²) in [4.78, 5) is 17.3. The number of rotatable bonds is 10. The van der Waals surface area contributed by atoms with E-state index in [-0.39, 0.29) is 47.5 Å². The van der Waals surface area contributed by atoms with Crippen LogP contribution in [0, 0.1) is 17.1 Å². The number of aromatic nitrogens is 1. The van der Waals surface area contributed by atoms with Gasteiger partial charge in [0.1, 0.15) is 30.0 Å². The fourth-order valence-electron chi connectivity index (χ4n) is 4.80. The van der Waals surface area contributed by atoms with Crippen molar-refractivity contribution in [2.24, 2.45) is 0 Å². The molecule has 2 N–H and O–H groups in total. The zero-order chi connectivity index (χ0) is 32.4. The number of anilines is 3. The van der Waals surface area contributed by atoms with Crippen molar-refractivity contribution in [3.05, 3.63) is 82.8 Å². The monoisotopic (exact) mass is 672 g/mol. The topological polar surface area (TPSA) is 165 Å². The smallest absolute Gasteiger partial charge is 0.256 e. The first-order valence-electron chi connectivity index (χ1n) is 13.6. The number of pyridine rings is 1. The first-order valence-corrected chi connectivity index (χ1v) is 17.7. The van der Waals surface area contributed by atoms with Crippen LogP contribution in [0.5, 0.6) is 11.5 Å². The molecule has 0 radical (unpaired) electrons. The average molecular weight is 673 g/mol. The molecule has 5 rings (SSSR count). The zero-order valence-corrected chi connectivity index (χ0v) is 26.1. The standard InChI is InChI=1S/C30H26ClFN4O7S2/c1-2-42-28-14-25-23(13-26(28)36-29(37)12-22-8-9-44(38,39)45(22,40)41)30(19(15-33)16-34-25)35-21-6-7-27(24(31)11-21)43-17-18-4-3-5-20(32)10-18/h3-7,10-11,13-14,16,22H,2,8-9,12,17H2,1H3,(H,34,35)(H,36,37). The molecule has 3 aromatic carbocycles. The van der Waals surface area contributed by atoms with Gasteiger partial charge in [-0.05, 0) is 55.3 Å². The highest BCUT2D eigenvalue weighted by Crippen LogP contribution is 2.38. The Labute approximate surface area is 263 Å². The summed E-state index contributed by atoms with van der Waals surface area (Å²) in [5.41, 5.74) is 2.23. The van der Waals surface area contributed by atoms with Gasteiger partial charge in [-0.3, -0.25) is 9.78 Å². The Bertz CT molecular complexity index is 2070. The van der Waals surface area contributed by atoms with E-state index in [0.29, 0.717) is 33.6 Å². The number of fused-ring (bicyclic) bond motifs is 1. The summed E-state index contributed by atoms with van der Waals surface area (Å²) in [7, 11) is -8.81. The molecule has 0 spiro atoms. The maximum absolute atomic E-state index is 13.5. The van der Waals surface area contributed by atoms with Crippen molar-refractivity contribution in [3.63, 3.8) is 0 Å². The van der Waals surface area contributed by atoms with Gasteiger partial charge in [0.05, 0.1) is 45.1 Å². The molecule has 1 amide bonds. The van der Waals surface area contributed by atoms with Gasteiger partial charge in [-0.15, -0.1) is 0 Å². The zero-order valence-electron chi connectivity index (χ0n) is 23.7. The molecule has 1 fully saturated rings. The molecule has 0 bridgehead atoms. The van der Waals surface area contributed by atoms with Crippen LogP contribution in [-0.2, 0) is 29.1 Å². The van der Waals surface area contributed by atoms with Crippen molar-refractivity contribution in [1.82, 2.24) is 4.98 Å². The maximum atomic E-state index is 13.5. The Kier molecular flexibility index (Phi) is 9.15. The van der Waals surface area contributed by atoms with E-state index < -0.39 is 41.1 Å². The Morgan fingerprint density at radius 3 is 2.58 bits per heavy atom. The molecule has 0 aliphatic carbocycles. The number of benzene rings is 3. The number of nitriles is 1. The molecule has 4 aromatic rings. The van der Waals surface area contributed by atoms with Crippen LogP contribution in [-0.4, -0.2) is 45.3 Å². The van der Waals surface area contributed by atoms with E-state index in [1.807, 2.05) is 0 Å². The first kappa shape index (κ1) is 32.0. The van der Waals surface area contributed by atoms with Crippen LogP contribution in [0.25, 0.3) is 10.9 Å². The largest absolute Gasteiger partial charge is 0.492 e. The van der Waals surface area contributed by atoms with Crippen molar-refractivity contribution in [1.29, 1.82) is 5.26 Å². The number of hydrogen-bond acceptors (Lipinski definition) is 10. The van der Waals surface area contributed by atoms with Gasteiger partial charge in [0, 0.05) is 29.8 Å². The molecule has 1 saturated heterocycles. The van der Waals surface area contributed by atoms with Gasteiger partial charge in [0.2, 0.25) is 5.91 Å². The second kappa shape index (κ2) is 12.9. The van der Waals surface area contributed by atoms with Crippen LogP contribution in [0.3, 0.4) is 0 Å². The number of ether oxygens (including phenoxy) is 2. The lowest BCUT2D eigenvalue weighted by Crippen LogP contribution is -2.25. The van der Waals surface area contributed by atoms with E-state index in [1.54, 1.807) is 43.3 Å². The molecular formula is C30H26ClFN4O7S2. The van der Waals surface area contributed by atoms with Crippen molar-refractivity contribution in [2.45, 2.75) is 31.6 Å². The minimum atomic E-state index is -4.50. The number of carbonyl (C=O) groups is 1. The van der Waals surface area contributed by atoms with Crippen LogP contribution in [0.2, 0.25) is 5.02 Å². The highest BCUT2D eigenvalue weighted by atomic mass is 35.5. The Morgan fingerprint density at radius 2 is 1.91 bits per heavy atom. The minimum absolute atomic E-state index is 0.0942. The predicted octanol–water partition coefficient (Wildman–Crippen LogP) is 5.47. The van der Waals surface area contributed by atoms with Gasteiger partial charge in [0.15, 0.2) is 0 Å². The van der Waals surface area contributed by atoms with E-state index in [2.05, 4.69) is 21.7 Å². The van der Waals surface area contributed by atoms with Crippen molar-refractivity contribution >= 4 is 63.2 Å². The summed E-state index contributed by atoms with van der Waals surface area (Å²) in [6.07, 6.45) is 0.649.